The van der Waals surface area contributed by atoms with Gasteiger partial charge in [0, 0.05) is 5.39 Å². The van der Waals surface area contributed by atoms with E-state index in [-0.39, 0.29) is 11.1 Å². The van der Waals surface area contributed by atoms with Crippen molar-refractivity contribution < 1.29 is 9.90 Å². The minimum atomic E-state index is -1.04. The standard InChI is InChI=1S/C16H12N2O3/c1-10-13-7-2-3-8-14(13)15(19)18(17-10)12-6-4-5-11(9-12)16(20)21/h2-9H,1H3,(H,20,21). The molecule has 5 nitrogen and oxygen atoms in total. The summed E-state index contributed by atoms with van der Waals surface area (Å²) < 4.78 is 1.24. The number of rotatable bonds is 2. The van der Waals surface area contributed by atoms with Crippen LogP contribution < -0.4 is 5.56 Å². The summed E-state index contributed by atoms with van der Waals surface area (Å²) in [6.07, 6.45) is 0. The average Bonchev–Trinajstić information content (AvgIpc) is 2.51. The molecule has 0 aliphatic rings. The minimum absolute atomic E-state index is 0.118. The molecule has 3 rings (SSSR count). The fourth-order valence-corrected chi connectivity index (χ4v) is 2.29. The molecule has 0 amide bonds. The third-order valence-electron chi connectivity index (χ3n) is 3.33. The largest absolute Gasteiger partial charge is 0.478 e. The molecule has 0 atom stereocenters. The Kier molecular flexibility index (Phi) is 3.02. The normalized spacial score (nSPS) is 10.7. The van der Waals surface area contributed by atoms with Gasteiger partial charge in [-0.05, 0) is 31.2 Å². The highest BCUT2D eigenvalue weighted by molar-refractivity contribution is 5.88. The number of aromatic nitrogens is 2. The van der Waals surface area contributed by atoms with Gasteiger partial charge in [0.1, 0.15) is 0 Å². The first-order valence-corrected chi connectivity index (χ1v) is 6.40. The molecule has 0 aliphatic carbocycles. The van der Waals surface area contributed by atoms with Gasteiger partial charge in [0.15, 0.2) is 0 Å². The Balaban J connectivity index is 2.31. The highest BCUT2D eigenvalue weighted by atomic mass is 16.4. The van der Waals surface area contributed by atoms with Crippen LogP contribution in [-0.2, 0) is 0 Å². The maximum absolute atomic E-state index is 12.5. The zero-order chi connectivity index (χ0) is 15.0. The number of benzene rings is 2. The Morgan fingerprint density at radius 2 is 1.81 bits per heavy atom. The summed E-state index contributed by atoms with van der Waals surface area (Å²) in [4.78, 5) is 23.6. The Hall–Kier alpha value is -2.95. The van der Waals surface area contributed by atoms with Crippen molar-refractivity contribution in [1.29, 1.82) is 0 Å². The molecule has 0 fully saturated rings. The zero-order valence-electron chi connectivity index (χ0n) is 11.3. The van der Waals surface area contributed by atoms with Crippen molar-refractivity contribution in [2.24, 2.45) is 0 Å². The maximum Gasteiger partial charge on any atom is 0.335 e. The third kappa shape index (κ3) is 2.18. The predicted octanol–water partition coefficient (Wildman–Crippen LogP) is 2.39. The van der Waals surface area contributed by atoms with Crippen LogP contribution in [-0.4, -0.2) is 20.9 Å². The van der Waals surface area contributed by atoms with Crippen molar-refractivity contribution in [2.75, 3.05) is 0 Å². The number of nitrogens with zero attached hydrogens (tertiary/aromatic N) is 2. The quantitative estimate of drug-likeness (QED) is 0.782. The number of fused-ring (bicyclic) bond motifs is 1. The Morgan fingerprint density at radius 3 is 2.52 bits per heavy atom. The van der Waals surface area contributed by atoms with Crippen molar-refractivity contribution in [3.63, 3.8) is 0 Å². The zero-order valence-corrected chi connectivity index (χ0v) is 11.3. The van der Waals surface area contributed by atoms with Gasteiger partial charge in [-0.2, -0.15) is 9.78 Å². The first-order chi connectivity index (χ1) is 10.1. The first kappa shape index (κ1) is 13.1. The summed E-state index contributed by atoms with van der Waals surface area (Å²) >= 11 is 0. The molecule has 1 N–H and O–H groups in total. The van der Waals surface area contributed by atoms with Crippen molar-refractivity contribution in [1.82, 2.24) is 9.78 Å². The van der Waals surface area contributed by atoms with E-state index in [1.807, 2.05) is 19.1 Å². The van der Waals surface area contributed by atoms with Gasteiger partial charge in [0.25, 0.3) is 5.56 Å². The van der Waals surface area contributed by atoms with E-state index in [9.17, 15) is 9.59 Å². The number of aryl methyl sites for hydroxylation is 1. The van der Waals surface area contributed by atoms with E-state index in [1.165, 1.54) is 16.8 Å². The second kappa shape index (κ2) is 4.86. The molecular weight excluding hydrogens is 268 g/mol. The number of aromatic carboxylic acids is 1. The third-order valence-corrected chi connectivity index (χ3v) is 3.33. The number of hydrogen-bond acceptors (Lipinski definition) is 3. The lowest BCUT2D eigenvalue weighted by Gasteiger charge is -2.09. The van der Waals surface area contributed by atoms with Crippen LogP contribution in [0.15, 0.2) is 53.3 Å². The molecule has 1 heterocycles. The van der Waals surface area contributed by atoms with Crippen LogP contribution in [0.25, 0.3) is 16.5 Å². The second-order valence-corrected chi connectivity index (χ2v) is 4.70. The molecule has 0 saturated heterocycles. The highest BCUT2D eigenvalue weighted by Crippen LogP contribution is 2.14. The van der Waals surface area contributed by atoms with Crippen molar-refractivity contribution >= 4 is 16.7 Å². The summed E-state index contributed by atoms with van der Waals surface area (Å²) in [5.41, 5.74) is 1.01. The molecule has 0 bridgehead atoms. The molecule has 21 heavy (non-hydrogen) atoms. The average molecular weight is 280 g/mol. The van der Waals surface area contributed by atoms with Crippen LogP contribution >= 0.6 is 0 Å². The summed E-state index contributed by atoms with van der Waals surface area (Å²) in [5.74, 6) is -1.04. The fraction of sp³-hybridized carbons (Fsp3) is 0.0625. The second-order valence-electron chi connectivity index (χ2n) is 4.70. The van der Waals surface area contributed by atoms with Gasteiger partial charge in [0.2, 0.25) is 0 Å². The van der Waals surface area contributed by atoms with E-state index in [1.54, 1.807) is 24.3 Å². The molecule has 0 spiro atoms. The number of hydrogen-bond donors (Lipinski definition) is 1. The van der Waals surface area contributed by atoms with Crippen LogP contribution in [0.2, 0.25) is 0 Å². The lowest BCUT2D eigenvalue weighted by molar-refractivity contribution is 0.0697. The summed E-state index contributed by atoms with van der Waals surface area (Å²) in [7, 11) is 0. The van der Waals surface area contributed by atoms with E-state index in [0.717, 1.165) is 5.39 Å². The Labute approximate surface area is 120 Å². The predicted molar refractivity (Wildman–Crippen MR) is 79.0 cm³/mol. The summed E-state index contributed by atoms with van der Waals surface area (Å²) in [6.45, 7) is 1.82. The minimum Gasteiger partial charge on any atom is -0.478 e. The molecule has 0 radical (unpaired) electrons. The monoisotopic (exact) mass is 280 g/mol. The molecule has 0 aliphatic heterocycles. The lowest BCUT2D eigenvalue weighted by atomic mass is 10.1. The van der Waals surface area contributed by atoms with Gasteiger partial charge >= 0.3 is 5.97 Å². The molecule has 5 heteroatoms. The molecule has 104 valence electrons. The van der Waals surface area contributed by atoms with Gasteiger partial charge in [-0.25, -0.2) is 4.79 Å². The first-order valence-electron chi connectivity index (χ1n) is 6.40. The van der Waals surface area contributed by atoms with E-state index in [2.05, 4.69) is 5.10 Å². The SMILES string of the molecule is Cc1nn(-c2cccc(C(=O)O)c2)c(=O)c2ccccc12. The topological polar surface area (TPSA) is 72.2 Å². The molecule has 0 unspecified atom stereocenters. The van der Waals surface area contributed by atoms with Crippen molar-refractivity contribution in [3.05, 3.63) is 70.1 Å². The van der Waals surface area contributed by atoms with Gasteiger partial charge in [-0.1, -0.05) is 24.3 Å². The van der Waals surface area contributed by atoms with Crippen LogP contribution in [0.1, 0.15) is 16.1 Å². The maximum atomic E-state index is 12.5. The van der Waals surface area contributed by atoms with E-state index in [4.69, 9.17) is 5.11 Å². The Morgan fingerprint density at radius 1 is 1.10 bits per heavy atom. The van der Waals surface area contributed by atoms with Crippen LogP contribution in [0.5, 0.6) is 0 Å². The smallest absolute Gasteiger partial charge is 0.335 e. The molecule has 0 saturated carbocycles. The molecular formula is C16H12N2O3. The fourth-order valence-electron chi connectivity index (χ4n) is 2.29. The van der Waals surface area contributed by atoms with E-state index >= 15 is 0 Å². The van der Waals surface area contributed by atoms with Crippen molar-refractivity contribution in [3.8, 4) is 5.69 Å². The molecule has 1 aromatic heterocycles. The van der Waals surface area contributed by atoms with Crippen LogP contribution in [0.4, 0.5) is 0 Å². The number of carbonyl (C=O) groups is 1. The number of carboxylic acid groups (broad SMARTS) is 1. The van der Waals surface area contributed by atoms with E-state index in [0.29, 0.717) is 16.8 Å². The van der Waals surface area contributed by atoms with Gasteiger partial charge in [0.05, 0.1) is 22.3 Å². The lowest BCUT2D eigenvalue weighted by Crippen LogP contribution is -2.22. The molecule has 2 aromatic carbocycles. The summed E-state index contributed by atoms with van der Waals surface area (Å²) in [6, 6.07) is 13.4. The van der Waals surface area contributed by atoms with Crippen molar-refractivity contribution in [2.45, 2.75) is 6.92 Å². The highest BCUT2D eigenvalue weighted by Gasteiger charge is 2.10. The molecule has 3 aromatic rings. The van der Waals surface area contributed by atoms with E-state index < -0.39 is 5.97 Å². The van der Waals surface area contributed by atoms with Gasteiger partial charge < -0.3 is 5.11 Å². The Bertz CT molecular complexity index is 913. The number of carboxylic acids is 1. The van der Waals surface area contributed by atoms with Gasteiger partial charge in [-0.15, -0.1) is 0 Å². The summed E-state index contributed by atoms with van der Waals surface area (Å²) in [5, 5.41) is 14.7. The van der Waals surface area contributed by atoms with Crippen LogP contribution in [0, 0.1) is 6.92 Å². The van der Waals surface area contributed by atoms with Crippen LogP contribution in [0.3, 0.4) is 0 Å². The van der Waals surface area contributed by atoms with Gasteiger partial charge in [-0.3, -0.25) is 4.79 Å².